The fourth-order valence-corrected chi connectivity index (χ4v) is 5.16. The predicted octanol–water partition coefficient (Wildman–Crippen LogP) is -0.587. The van der Waals surface area contributed by atoms with Crippen molar-refractivity contribution in [2.45, 2.75) is 50.2 Å². The zero-order chi connectivity index (χ0) is 18.8. The van der Waals surface area contributed by atoms with Crippen molar-refractivity contribution < 1.29 is 14.3 Å². The third kappa shape index (κ3) is 3.99. The lowest BCUT2D eigenvalue weighted by molar-refractivity contribution is -0.153. The molecule has 1 aliphatic carbocycles. The van der Waals surface area contributed by atoms with Crippen molar-refractivity contribution in [2.75, 3.05) is 53.0 Å². The van der Waals surface area contributed by atoms with Crippen LogP contribution in [0.1, 0.15) is 32.1 Å². The summed E-state index contributed by atoms with van der Waals surface area (Å²) in [6, 6.07) is 0.463. The standard InChI is InChI=1S/C19H33N5O3/c1-22-17-13-14(3-4-15(17)24-16(19(22)26)5-7-21-24)18(25)20-6-2-8-23-9-11-27-12-10-23/h14-17,21H,2-13H2,1H3,(H,20,25). The SMILES string of the molecule is CN1C(=O)C2CCNN2C2CCC(C(=O)NCCCN3CCOCC3)CC21. The van der Waals surface area contributed by atoms with Crippen LogP contribution < -0.4 is 10.7 Å². The van der Waals surface area contributed by atoms with Gasteiger partial charge in [-0.3, -0.25) is 19.9 Å². The molecule has 4 atom stereocenters. The van der Waals surface area contributed by atoms with E-state index < -0.39 is 0 Å². The zero-order valence-electron chi connectivity index (χ0n) is 16.4. The molecule has 0 radical (unpaired) electrons. The van der Waals surface area contributed by atoms with Crippen LogP contribution >= 0.6 is 0 Å². The zero-order valence-corrected chi connectivity index (χ0v) is 16.4. The third-order valence-corrected chi connectivity index (χ3v) is 6.74. The summed E-state index contributed by atoms with van der Waals surface area (Å²) >= 11 is 0. The molecule has 0 aromatic rings. The number of ether oxygens (including phenoxy) is 1. The average Bonchev–Trinajstić information content (AvgIpc) is 3.20. The van der Waals surface area contributed by atoms with E-state index >= 15 is 0 Å². The minimum atomic E-state index is -0.0122. The maximum absolute atomic E-state index is 12.7. The molecule has 4 fully saturated rings. The lowest BCUT2D eigenvalue weighted by Crippen LogP contribution is -2.67. The normalized spacial score (nSPS) is 35.0. The fraction of sp³-hybridized carbons (Fsp3) is 0.895. The van der Waals surface area contributed by atoms with Crippen molar-refractivity contribution in [1.29, 1.82) is 0 Å². The highest BCUT2D eigenvalue weighted by atomic mass is 16.5. The van der Waals surface area contributed by atoms with E-state index in [0.29, 0.717) is 6.04 Å². The van der Waals surface area contributed by atoms with Crippen molar-refractivity contribution in [1.82, 2.24) is 25.6 Å². The van der Waals surface area contributed by atoms with E-state index in [-0.39, 0.29) is 29.8 Å². The molecule has 0 spiro atoms. The lowest BCUT2D eigenvalue weighted by atomic mass is 9.79. The van der Waals surface area contributed by atoms with Gasteiger partial charge in [-0.2, -0.15) is 0 Å². The highest BCUT2D eigenvalue weighted by Crippen LogP contribution is 2.36. The maximum Gasteiger partial charge on any atom is 0.241 e. The van der Waals surface area contributed by atoms with Crippen LogP contribution in [0.15, 0.2) is 0 Å². The van der Waals surface area contributed by atoms with Gasteiger partial charge < -0.3 is 15.0 Å². The Hall–Kier alpha value is -1.22. The van der Waals surface area contributed by atoms with E-state index in [1.807, 2.05) is 11.9 Å². The van der Waals surface area contributed by atoms with Gasteiger partial charge in [-0.25, -0.2) is 5.01 Å². The van der Waals surface area contributed by atoms with Crippen molar-refractivity contribution >= 4 is 11.8 Å². The van der Waals surface area contributed by atoms with E-state index in [2.05, 4.69) is 20.7 Å². The van der Waals surface area contributed by atoms with Gasteiger partial charge in [0.2, 0.25) is 11.8 Å². The molecule has 0 aromatic heterocycles. The summed E-state index contributed by atoms with van der Waals surface area (Å²) in [4.78, 5) is 29.6. The lowest BCUT2D eigenvalue weighted by Gasteiger charge is -2.50. The van der Waals surface area contributed by atoms with Gasteiger partial charge in [-0.1, -0.05) is 0 Å². The van der Waals surface area contributed by atoms with Gasteiger partial charge in [0.25, 0.3) is 0 Å². The number of hydrazine groups is 1. The number of piperazine rings is 1. The Kier molecular flexibility index (Phi) is 5.96. The Balaban J connectivity index is 1.24. The fourth-order valence-electron chi connectivity index (χ4n) is 5.16. The molecule has 4 rings (SSSR count). The van der Waals surface area contributed by atoms with Crippen LogP contribution in [0.25, 0.3) is 0 Å². The molecule has 3 saturated heterocycles. The number of amides is 2. The molecule has 27 heavy (non-hydrogen) atoms. The first-order chi connectivity index (χ1) is 13.1. The van der Waals surface area contributed by atoms with Crippen LogP contribution in [0.4, 0.5) is 0 Å². The summed E-state index contributed by atoms with van der Waals surface area (Å²) in [5, 5.41) is 5.31. The molecule has 2 N–H and O–H groups in total. The number of rotatable bonds is 5. The number of hydrogen-bond acceptors (Lipinski definition) is 6. The monoisotopic (exact) mass is 379 g/mol. The number of fused-ring (bicyclic) bond motifs is 3. The Morgan fingerprint density at radius 3 is 2.85 bits per heavy atom. The minimum Gasteiger partial charge on any atom is -0.379 e. The van der Waals surface area contributed by atoms with Gasteiger partial charge in [0.15, 0.2) is 0 Å². The smallest absolute Gasteiger partial charge is 0.241 e. The van der Waals surface area contributed by atoms with Crippen molar-refractivity contribution in [3.8, 4) is 0 Å². The molecule has 8 heteroatoms. The van der Waals surface area contributed by atoms with Gasteiger partial charge in [0, 0.05) is 51.2 Å². The molecule has 1 saturated carbocycles. The van der Waals surface area contributed by atoms with Crippen molar-refractivity contribution in [3.05, 3.63) is 0 Å². The topological polar surface area (TPSA) is 77.2 Å². The average molecular weight is 380 g/mol. The van der Waals surface area contributed by atoms with Crippen LogP contribution in [0.3, 0.4) is 0 Å². The molecule has 3 heterocycles. The van der Waals surface area contributed by atoms with E-state index in [1.165, 1.54) is 0 Å². The van der Waals surface area contributed by atoms with Crippen LogP contribution in [0.5, 0.6) is 0 Å². The molecular weight excluding hydrogens is 346 g/mol. The summed E-state index contributed by atoms with van der Waals surface area (Å²) in [6.07, 6.45) is 4.51. The summed E-state index contributed by atoms with van der Waals surface area (Å²) in [6.45, 7) is 6.23. The first kappa shape index (κ1) is 19.1. The van der Waals surface area contributed by atoms with E-state index in [9.17, 15) is 9.59 Å². The van der Waals surface area contributed by atoms with Crippen LogP contribution in [-0.4, -0.2) is 97.7 Å². The first-order valence-electron chi connectivity index (χ1n) is 10.5. The molecule has 8 nitrogen and oxygen atoms in total. The number of nitrogens with one attached hydrogen (secondary N) is 2. The maximum atomic E-state index is 12.7. The Bertz CT molecular complexity index is 553. The molecule has 152 valence electrons. The number of nitrogens with zero attached hydrogens (tertiary/aromatic N) is 3. The molecule has 3 aliphatic heterocycles. The van der Waals surface area contributed by atoms with Gasteiger partial charge >= 0.3 is 0 Å². The quantitative estimate of drug-likeness (QED) is 0.622. The van der Waals surface area contributed by atoms with Crippen LogP contribution in [-0.2, 0) is 14.3 Å². The number of morpholine rings is 1. The Morgan fingerprint density at radius 1 is 1.22 bits per heavy atom. The van der Waals surface area contributed by atoms with Crippen molar-refractivity contribution in [3.63, 3.8) is 0 Å². The van der Waals surface area contributed by atoms with Gasteiger partial charge in [0.05, 0.1) is 13.2 Å². The molecular formula is C19H33N5O3. The van der Waals surface area contributed by atoms with Crippen LogP contribution in [0.2, 0.25) is 0 Å². The van der Waals surface area contributed by atoms with E-state index in [4.69, 9.17) is 4.74 Å². The van der Waals surface area contributed by atoms with E-state index in [0.717, 1.165) is 78.0 Å². The predicted molar refractivity (Wildman–Crippen MR) is 101 cm³/mol. The van der Waals surface area contributed by atoms with Gasteiger partial charge in [0.1, 0.15) is 6.04 Å². The summed E-state index contributed by atoms with van der Waals surface area (Å²) < 4.78 is 5.36. The molecule has 0 aromatic carbocycles. The first-order valence-corrected chi connectivity index (χ1v) is 10.5. The minimum absolute atomic E-state index is 0.0122. The second-order valence-corrected chi connectivity index (χ2v) is 8.31. The second-order valence-electron chi connectivity index (χ2n) is 8.31. The highest BCUT2D eigenvalue weighted by Gasteiger charge is 2.50. The second kappa shape index (κ2) is 8.43. The summed E-state index contributed by atoms with van der Waals surface area (Å²) in [5.74, 6) is 0.379. The number of carbonyl (C=O) groups is 2. The third-order valence-electron chi connectivity index (χ3n) is 6.74. The number of likely N-dealkylation sites (N-methyl/N-ethyl adjacent to an activating group) is 1. The molecule has 2 amide bonds. The Morgan fingerprint density at radius 2 is 2.04 bits per heavy atom. The van der Waals surface area contributed by atoms with E-state index in [1.54, 1.807) is 0 Å². The van der Waals surface area contributed by atoms with Crippen LogP contribution in [0, 0.1) is 5.92 Å². The van der Waals surface area contributed by atoms with Crippen molar-refractivity contribution in [2.24, 2.45) is 5.92 Å². The summed E-state index contributed by atoms with van der Waals surface area (Å²) in [7, 11) is 1.91. The number of carbonyl (C=O) groups excluding carboxylic acids is 2. The molecule has 0 bridgehead atoms. The van der Waals surface area contributed by atoms with Gasteiger partial charge in [-0.05, 0) is 38.6 Å². The molecule has 4 aliphatic rings. The van der Waals surface area contributed by atoms with Gasteiger partial charge in [-0.15, -0.1) is 0 Å². The highest BCUT2D eigenvalue weighted by molar-refractivity contribution is 5.84. The Labute approximate surface area is 161 Å². The summed E-state index contributed by atoms with van der Waals surface area (Å²) in [5.41, 5.74) is 3.40. The number of hydrogen-bond donors (Lipinski definition) is 2. The molecule has 4 unspecified atom stereocenters. The largest absolute Gasteiger partial charge is 0.379 e.